The van der Waals surface area contributed by atoms with Gasteiger partial charge in [0.05, 0.1) is 13.7 Å². The first-order chi connectivity index (χ1) is 11.2. The molecule has 0 fully saturated rings. The molecular weight excluding hydrogens is 422 g/mol. The van der Waals surface area contributed by atoms with Gasteiger partial charge in [-0.3, -0.25) is 0 Å². The lowest BCUT2D eigenvalue weighted by Gasteiger charge is -2.11. The molecule has 0 saturated heterocycles. The van der Waals surface area contributed by atoms with E-state index in [9.17, 15) is 4.39 Å². The number of guanidine groups is 1. The summed E-state index contributed by atoms with van der Waals surface area (Å²) < 4.78 is 18.7. The van der Waals surface area contributed by atoms with E-state index in [1.165, 1.54) is 6.07 Å². The van der Waals surface area contributed by atoms with Gasteiger partial charge in [0.15, 0.2) is 5.96 Å². The van der Waals surface area contributed by atoms with E-state index in [0.717, 1.165) is 12.1 Å². The van der Waals surface area contributed by atoms with Gasteiger partial charge in [-0.25, -0.2) is 14.4 Å². The van der Waals surface area contributed by atoms with E-state index in [1.807, 2.05) is 19.1 Å². The number of hydrogen-bond acceptors (Lipinski definition) is 3. The Hall–Kier alpha value is -1.90. The zero-order chi connectivity index (χ0) is 16.5. The van der Waals surface area contributed by atoms with Crippen molar-refractivity contribution in [1.29, 1.82) is 0 Å². The van der Waals surface area contributed by atoms with E-state index in [0.29, 0.717) is 30.5 Å². The second kappa shape index (κ2) is 10.8. The Bertz CT molecular complexity index is 649. The Morgan fingerprint density at radius 2 is 2.00 bits per heavy atom. The fraction of sp³-hybridized carbons (Fsp3) is 0.294. The molecule has 5 nitrogen and oxygen atoms in total. The van der Waals surface area contributed by atoms with Crippen molar-refractivity contribution >= 4 is 29.9 Å². The minimum absolute atomic E-state index is 0. The minimum Gasteiger partial charge on any atom is -0.481 e. The van der Waals surface area contributed by atoms with Crippen LogP contribution in [-0.4, -0.2) is 24.6 Å². The van der Waals surface area contributed by atoms with Gasteiger partial charge in [0.1, 0.15) is 5.82 Å². The zero-order valence-electron chi connectivity index (χ0n) is 13.8. The van der Waals surface area contributed by atoms with Gasteiger partial charge in [-0.2, -0.15) is 0 Å². The van der Waals surface area contributed by atoms with Gasteiger partial charge < -0.3 is 15.4 Å². The predicted molar refractivity (Wildman–Crippen MR) is 104 cm³/mol. The van der Waals surface area contributed by atoms with Gasteiger partial charge in [0.25, 0.3) is 0 Å². The summed E-state index contributed by atoms with van der Waals surface area (Å²) in [6.07, 6.45) is 1.72. The third-order valence-corrected chi connectivity index (χ3v) is 3.17. The van der Waals surface area contributed by atoms with Crippen molar-refractivity contribution in [2.75, 3.05) is 13.7 Å². The summed E-state index contributed by atoms with van der Waals surface area (Å²) in [6.45, 7) is 3.56. The topological polar surface area (TPSA) is 58.5 Å². The Kier molecular flexibility index (Phi) is 9.06. The van der Waals surface area contributed by atoms with Crippen LogP contribution in [0.25, 0.3) is 0 Å². The lowest BCUT2D eigenvalue weighted by Crippen LogP contribution is -2.37. The number of rotatable bonds is 6. The molecule has 24 heavy (non-hydrogen) atoms. The van der Waals surface area contributed by atoms with E-state index in [1.54, 1.807) is 31.5 Å². The van der Waals surface area contributed by atoms with E-state index in [-0.39, 0.29) is 29.8 Å². The lowest BCUT2D eigenvalue weighted by molar-refractivity contribution is 0.397. The van der Waals surface area contributed by atoms with Crippen LogP contribution >= 0.6 is 24.0 Å². The minimum atomic E-state index is -0.227. The molecule has 7 heteroatoms. The van der Waals surface area contributed by atoms with E-state index < -0.39 is 0 Å². The second-order valence-electron chi connectivity index (χ2n) is 4.85. The van der Waals surface area contributed by atoms with Crippen LogP contribution in [-0.2, 0) is 13.1 Å². The first kappa shape index (κ1) is 20.1. The molecule has 0 atom stereocenters. The maximum absolute atomic E-state index is 13.6. The molecule has 0 aliphatic heterocycles. The standard InChI is InChI=1S/C17H21FN4O.HI/c1-3-19-17(22-12-14-6-4-5-7-15(14)18)21-11-13-8-9-16(23-2)20-10-13;/h4-10H,3,11-12H2,1-2H3,(H2,19,21,22);1H. The van der Waals surface area contributed by atoms with Crippen LogP contribution in [0, 0.1) is 5.82 Å². The molecule has 1 heterocycles. The van der Waals surface area contributed by atoms with Crippen molar-refractivity contribution in [3.8, 4) is 5.88 Å². The van der Waals surface area contributed by atoms with Gasteiger partial charge in [-0.15, -0.1) is 24.0 Å². The SMILES string of the molecule is CCNC(=NCc1ccc(OC)nc1)NCc1ccccc1F.I. The number of ether oxygens (including phenoxy) is 1. The number of aliphatic imine (C=N–C) groups is 1. The van der Waals surface area contributed by atoms with Crippen LogP contribution in [0.4, 0.5) is 4.39 Å². The molecular formula is C17H22FIN4O. The summed E-state index contributed by atoms with van der Waals surface area (Å²) in [6, 6.07) is 10.4. The molecule has 2 rings (SSSR count). The molecule has 2 aromatic rings. The number of nitrogens with one attached hydrogen (secondary N) is 2. The summed E-state index contributed by atoms with van der Waals surface area (Å²) in [5.41, 5.74) is 1.57. The molecule has 0 bridgehead atoms. The van der Waals surface area contributed by atoms with Crippen LogP contribution in [0.5, 0.6) is 5.88 Å². The molecule has 2 N–H and O–H groups in total. The zero-order valence-corrected chi connectivity index (χ0v) is 16.1. The number of aromatic nitrogens is 1. The van der Waals surface area contributed by atoms with Crippen molar-refractivity contribution in [3.63, 3.8) is 0 Å². The molecule has 0 saturated carbocycles. The molecule has 1 aromatic carbocycles. The summed E-state index contributed by atoms with van der Waals surface area (Å²) >= 11 is 0. The van der Waals surface area contributed by atoms with Crippen LogP contribution in [0.3, 0.4) is 0 Å². The third kappa shape index (κ3) is 6.31. The molecule has 0 aliphatic rings. The van der Waals surface area contributed by atoms with Crippen LogP contribution < -0.4 is 15.4 Å². The first-order valence-electron chi connectivity index (χ1n) is 7.47. The summed E-state index contributed by atoms with van der Waals surface area (Å²) in [7, 11) is 1.58. The highest BCUT2D eigenvalue weighted by Crippen LogP contribution is 2.08. The smallest absolute Gasteiger partial charge is 0.212 e. The summed E-state index contributed by atoms with van der Waals surface area (Å²) in [5, 5.41) is 6.26. The van der Waals surface area contributed by atoms with Crippen molar-refractivity contribution in [1.82, 2.24) is 15.6 Å². The molecule has 0 spiro atoms. The highest BCUT2D eigenvalue weighted by molar-refractivity contribution is 14.0. The lowest BCUT2D eigenvalue weighted by atomic mass is 10.2. The monoisotopic (exact) mass is 444 g/mol. The largest absolute Gasteiger partial charge is 0.481 e. The number of hydrogen-bond donors (Lipinski definition) is 2. The normalized spacial score (nSPS) is 10.7. The van der Waals surface area contributed by atoms with E-state index >= 15 is 0 Å². The van der Waals surface area contributed by atoms with Crippen LogP contribution in [0.15, 0.2) is 47.6 Å². The predicted octanol–water partition coefficient (Wildman–Crippen LogP) is 3.10. The van der Waals surface area contributed by atoms with Crippen molar-refractivity contribution in [2.45, 2.75) is 20.0 Å². The molecule has 0 aliphatic carbocycles. The molecule has 0 unspecified atom stereocenters. The Morgan fingerprint density at radius 1 is 1.21 bits per heavy atom. The average Bonchev–Trinajstić information content (AvgIpc) is 2.59. The molecule has 130 valence electrons. The summed E-state index contributed by atoms with van der Waals surface area (Å²) in [5.74, 6) is 0.976. The Labute approximate surface area is 158 Å². The highest BCUT2D eigenvalue weighted by Gasteiger charge is 2.03. The molecule has 0 radical (unpaired) electrons. The average molecular weight is 444 g/mol. The van der Waals surface area contributed by atoms with E-state index in [4.69, 9.17) is 4.74 Å². The fourth-order valence-corrected chi connectivity index (χ4v) is 1.96. The van der Waals surface area contributed by atoms with Crippen molar-refractivity contribution in [3.05, 3.63) is 59.5 Å². The number of pyridine rings is 1. The number of halogens is 2. The fourth-order valence-electron chi connectivity index (χ4n) is 1.96. The van der Waals surface area contributed by atoms with Gasteiger partial charge in [-0.05, 0) is 18.6 Å². The Balaban J connectivity index is 0.00000288. The number of methoxy groups -OCH3 is 1. The van der Waals surface area contributed by atoms with Gasteiger partial charge >= 0.3 is 0 Å². The second-order valence-corrected chi connectivity index (χ2v) is 4.85. The van der Waals surface area contributed by atoms with Gasteiger partial charge in [0, 0.05) is 30.9 Å². The summed E-state index contributed by atoms with van der Waals surface area (Å²) in [4.78, 5) is 8.62. The van der Waals surface area contributed by atoms with Gasteiger partial charge in [-0.1, -0.05) is 24.3 Å². The molecule has 0 amide bonds. The van der Waals surface area contributed by atoms with E-state index in [2.05, 4.69) is 20.6 Å². The first-order valence-corrected chi connectivity index (χ1v) is 7.47. The van der Waals surface area contributed by atoms with Crippen molar-refractivity contribution in [2.24, 2.45) is 4.99 Å². The van der Waals surface area contributed by atoms with Crippen LogP contribution in [0.1, 0.15) is 18.1 Å². The quantitative estimate of drug-likeness (QED) is 0.409. The van der Waals surface area contributed by atoms with Crippen LogP contribution in [0.2, 0.25) is 0 Å². The highest BCUT2D eigenvalue weighted by atomic mass is 127. The number of nitrogens with zero attached hydrogens (tertiary/aromatic N) is 2. The molecule has 1 aromatic heterocycles. The number of benzene rings is 1. The van der Waals surface area contributed by atoms with Gasteiger partial charge in [0.2, 0.25) is 5.88 Å². The Morgan fingerprint density at radius 3 is 2.62 bits per heavy atom. The van der Waals surface area contributed by atoms with Crippen molar-refractivity contribution < 1.29 is 9.13 Å². The third-order valence-electron chi connectivity index (χ3n) is 3.17. The maximum atomic E-state index is 13.6. The maximum Gasteiger partial charge on any atom is 0.212 e.